The summed E-state index contributed by atoms with van der Waals surface area (Å²) in [5.41, 5.74) is 0. The van der Waals surface area contributed by atoms with Gasteiger partial charge in [-0.25, -0.2) is 5.26 Å². The molecule has 170 valence electrons. The molecule has 0 unspecified atom stereocenters. The van der Waals surface area contributed by atoms with Gasteiger partial charge in [0.25, 0.3) is 0 Å². The molecule has 0 bridgehead atoms. The maximum absolute atomic E-state index is 13.6. The van der Waals surface area contributed by atoms with Gasteiger partial charge in [0.05, 0.1) is 0 Å². The van der Waals surface area contributed by atoms with Crippen molar-refractivity contribution in [1.82, 2.24) is 0 Å². The summed E-state index contributed by atoms with van der Waals surface area (Å²) in [5.74, 6) is -18.2. The fraction of sp³-hybridized carbons (Fsp3) is 1.00. The molecule has 0 aromatic rings. The van der Waals surface area contributed by atoms with E-state index in [1.165, 1.54) is 0 Å². The number of hydrogen-bond donors (Lipinski definition) is 1. The molecule has 0 amide bonds. The molecule has 0 aliphatic carbocycles. The minimum Gasteiger partial charge on any atom is -0.220 e. The second-order valence-corrected chi connectivity index (χ2v) is 7.34. The Hall–Kier alpha value is -0.330. The van der Waals surface area contributed by atoms with Crippen molar-refractivity contribution in [2.75, 3.05) is 0 Å². The summed E-state index contributed by atoms with van der Waals surface area (Å²) in [6, 6.07) is 0. The highest BCUT2D eigenvalue weighted by molar-refractivity contribution is 7.95. The Labute approximate surface area is 163 Å². The molecule has 0 saturated carbocycles. The van der Waals surface area contributed by atoms with Gasteiger partial charge < -0.3 is 0 Å². The Bertz CT molecular complexity index is 425. The van der Waals surface area contributed by atoms with Crippen LogP contribution in [-0.2, 0) is 9.37 Å². The van der Waals surface area contributed by atoms with E-state index in [-0.39, 0.29) is 6.42 Å². The third-order valence-corrected chi connectivity index (χ3v) is 4.83. The molecule has 0 aliphatic rings. The highest BCUT2D eigenvalue weighted by Crippen LogP contribution is 2.57. The maximum atomic E-state index is 13.6. The SMILES string of the molecule is CCCCCCCCCCCCC(F)(F)C(F)(F)C(F)(F)C(F)(F)SOOO. The molecule has 0 spiro atoms. The van der Waals surface area contributed by atoms with Crippen LogP contribution in [0.4, 0.5) is 35.1 Å². The Balaban J connectivity index is 4.46. The predicted molar refractivity (Wildman–Crippen MR) is 88.6 cm³/mol. The van der Waals surface area contributed by atoms with Gasteiger partial charge in [0.15, 0.2) is 0 Å². The second-order valence-electron chi connectivity index (χ2n) is 6.53. The summed E-state index contributed by atoms with van der Waals surface area (Å²) in [5, 5.41) is 4.51. The Morgan fingerprint density at radius 3 is 1.54 bits per heavy atom. The van der Waals surface area contributed by atoms with Gasteiger partial charge in [0, 0.05) is 6.42 Å². The molecular weight excluding hydrogens is 424 g/mol. The average Bonchev–Trinajstić information content (AvgIpc) is 2.61. The van der Waals surface area contributed by atoms with Crippen molar-refractivity contribution in [1.29, 1.82) is 0 Å². The van der Waals surface area contributed by atoms with E-state index in [0.29, 0.717) is 12.8 Å². The van der Waals surface area contributed by atoms with Crippen molar-refractivity contribution in [3.63, 3.8) is 0 Å². The number of rotatable bonds is 17. The topological polar surface area (TPSA) is 38.7 Å². The van der Waals surface area contributed by atoms with Crippen LogP contribution in [0.1, 0.15) is 77.6 Å². The quantitative estimate of drug-likeness (QED) is 0.0805. The van der Waals surface area contributed by atoms with E-state index in [4.69, 9.17) is 5.26 Å². The van der Waals surface area contributed by atoms with Crippen LogP contribution in [0, 0.1) is 0 Å². The van der Waals surface area contributed by atoms with Crippen molar-refractivity contribution in [3.05, 3.63) is 0 Å². The summed E-state index contributed by atoms with van der Waals surface area (Å²) in [7, 11) is 0. The van der Waals surface area contributed by atoms with Crippen molar-refractivity contribution in [3.8, 4) is 0 Å². The van der Waals surface area contributed by atoms with E-state index in [0.717, 1.165) is 38.5 Å². The number of halogens is 8. The molecule has 0 aromatic carbocycles. The first-order valence-electron chi connectivity index (χ1n) is 9.04. The molecule has 0 heterocycles. The molecule has 0 atom stereocenters. The lowest BCUT2D eigenvalue weighted by Crippen LogP contribution is -2.61. The largest absolute Gasteiger partial charge is 0.390 e. The van der Waals surface area contributed by atoms with E-state index < -0.39 is 47.9 Å². The summed E-state index contributed by atoms with van der Waals surface area (Å²) in [6.07, 6.45) is 5.27. The van der Waals surface area contributed by atoms with Gasteiger partial charge in [0.2, 0.25) is 0 Å². The zero-order chi connectivity index (χ0) is 21.9. The summed E-state index contributed by atoms with van der Waals surface area (Å²) >= 11 is -1.70. The fourth-order valence-corrected chi connectivity index (χ4v) is 2.86. The summed E-state index contributed by atoms with van der Waals surface area (Å²) < 4.78 is 110. The Kier molecular flexibility index (Phi) is 12.2. The van der Waals surface area contributed by atoms with Crippen LogP contribution in [0.5, 0.6) is 0 Å². The highest BCUT2D eigenvalue weighted by atomic mass is 32.2. The zero-order valence-electron chi connectivity index (χ0n) is 15.5. The van der Waals surface area contributed by atoms with Crippen LogP contribution in [0.15, 0.2) is 0 Å². The van der Waals surface area contributed by atoms with Crippen LogP contribution < -0.4 is 0 Å². The fourth-order valence-electron chi connectivity index (χ4n) is 2.51. The van der Waals surface area contributed by atoms with Crippen LogP contribution in [-0.4, -0.2) is 28.3 Å². The summed E-state index contributed by atoms with van der Waals surface area (Å²) in [4.78, 5) is 0. The Morgan fingerprint density at radius 1 is 0.679 bits per heavy atom. The van der Waals surface area contributed by atoms with Crippen LogP contribution in [0.25, 0.3) is 0 Å². The molecule has 0 fully saturated rings. The molecule has 1 N–H and O–H groups in total. The smallest absolute Gasteiger partial charge is 0.220 e. The van der Waals surface area contributed by atoms with Crippen molar-refractivity contribution in [2.24, 2.45) is 0 Å². The molecule has 0 aliphatic heterocycles. The highest BCUT2D eigenvalue weighted by Gasteiger charge is 2.81. The molecule has 0 aromatic heterocycles. The first-order chi connectivity index (χ1) is 12.9. The molecular formula is C16H26F8O3S. The van der Waals surface area contributed by atoms with E-state index in [2.05, 4.69) is 16.3 Å². The van der Waals surface area contributed by atoms with Gasteiger partial charge in [0.1, 0.15) is 12.0 Å². The summed E-state index contributed by atoms with van der Waals surface area (Å²) in [6.45, 7) is 2.08. The number of hydrogen-bond acceptors (Lipinski definition) is 4. The molecule has 28 heavy (non-hydrogen) atoms. The molecule has 0 radical (unpaired) electrons. The zero-order valence-corrected chi connectivity index (χ0v) is 16.3. The van der Waals surface area contributed by atoms with Gasteiger partial charge in [-0.15, -0.1) is 4.33 Å². The van der Waals surface area contributed by atoms with E-state index >= 15 is 0 Å². The van der Waals surface area contributed by atoms with E-state index in [1.807, 2.05) is 0 Å². The molecule has 0 saturated heterocycles. The van der Waals surface area contributed by atoms with Gasteiger partial charge in [-0.2, -0.15) is 35.1 Å². The van der Waals surface area contributed by atoms with Crippen LogP contribution in [0.2, 0.25) is 0 Å². The van der Waals surface area contributed by atoms with Gasteiger partial charge >= 0.3 is 23.0 Å². The van der Waals surface area contributed by atoms with Crippen molar-refractivity contribution >= 4 is 12.0 Å². The average molecular weight is 450 g/mol. The maximum Gasteiger partial charge on any atom is 0.390 e. The normalized spacial score (nSPS) is 13.9. The molecule has 12 heteroatoms. The predicted octanol–water partition coefficient (Wildman–Crippen LogP) is 7.87. The van der Waals surface area contributed by atoms with E-state index in [9.17, 15) is 35.1 Å². The lowest BCUT2D eigenvalue weighted by atomic mass is 9.98. The van der Waals surface area contributed by atoms with Gasteiger partial charge in [-0.1, -0.05) is 69.7 Å². The minimum absolute atomic E-state index is 0.0960. The third kappa shape index (κ3) is 7.83. The third-order valence-electron chi connectivity index (χ3n) is 4.23. The lowest BCUT2D eigenvalue weighted by Gasteiger charge is -2.35. The van der Waals surface area contributed by atoms with Gasteiger partial charge in [-0.05, 0) is 6.42 Å². The monoisotopic (exact) mass is 450 g/mol. The van der Waals surface area contributed by atoms with Crippen LogP contribution >= 0.6 is 12.0 Å². The Morgan fingerprint density at radius 2 is 1.11 bits per heavy atom. The molecule has 3 nitrogen and oxygen atoms in total. The van der Waals surface area contributed by atoms with Crippen LogP contribution in [0.3, 0.4) is 0 Å². The molecule has 0 rings (SSSR count). The van der Waals surface area contributed by atoms with Gasteiger partial charge in [-0.3, -0.25) is 0 Å². The first-order valence-corrected chi connectivity index (χ1v) is 9.78. The van der Waals surface area contributed by atoms with E-state index in [1.54, 1.807) is 0 Å². The number of unbranched alkanes of at least 4 members (excludes halogenated alkanes) is 9. The van der Waals surface area contributed by atoms with Crippen molar-refractivity contribution < 1.29 is 49.8 Å². The number of alkyl halides is 8. The first kappa shape index (κ1) is 27.7. The second kappa shape index (κ2) is 12.4. The van der Waals surface area contributed by atoms with Crippen molar-refractivity contribution in [2.45, 2.75) is 101 Å². The standard InChI is InChI=1S/C16H26F8O3S/c1-2-3-4-5-6-7-8-9-10-11-12-13(17,18)14(19,20)15(21,22)16(23,24)28-27-26-25/h25H,2-12H2,1H3. The lowest BCUT2D eigenvalue weighted by molar-refractivity contribution is -0.435. The minimum atomic E-state index is -6.45.